The summed E-state index contributed by atoms with van der Waals surface area (Å²) in [6, 6.07) is 8.46. The molecule has 3 aliphatic rings. The summed E-state index contributed by atoms with van der Waals surface area (Å²) in [6.07, 6.45) is 4.98. The maximum Gasteiger partial charge on any atom is 0.225 e. The molecule has 0 radical (unpaired) electrons. The van der Waals surface area contributed by atoms with Gasteiger partial charge in [0.25, 0.3) is 0 Å². The van der Waals surface area contributed by atoms with Gasteiger partial charge in [-0.25, -0.2) is 0 Å². The molecular formula is C19H24N2O2. The van der Waals surface area contributed by atoms with Crippen LogP contribution in [0.2, 0.25) is 0 Å². The van der Waals surface area contributed by atoms with E-state index in [0.717, 1.165) is 45.2 Å². The molecule has 2 atom stereocenters. The van der Waals surface area contributed by atoms with E-state index in [4.69, 9.17) is 0 Å². The Morgan fingerprint density at radius 1 is 1.13 bits per heavy atom. The molecule has 2 amide bonds. The molecule has 1 aromatic carbocycles. The van der Waals surface area contributed by atoms with Crippen molar-refractivity contribution in [2.45, 2.75) is 38.0 Å². The first-order valence-corrected chi connectivity index (χ1v) is 8.86. The lowest BCUT2D eigenvalue weighted by atomic mass is 9.77. The Morgan fingerprint density at radius 3 is 2.74 bits per heavy atom. The van der Waals surface area contributed by atoms with Gasteiger partial charge in [0, 0.05) is 31.5 Å². The minimum absolute atomic E-state index is 0.0261. The smallest absolute Gasteiger partial charge is 0.225 e. The highest BCUT2D eigenvalue weighted by Gasteiger charge is 2.37. The number of nitrogens with one attached hydrogen (secondary N) is 1. The predicted octanol–water partition coefficient (Wildman–Crippen LogP) is 2.09. The van der Waals surface area contributed by atoms with Crippen LogP contribution in [0.3, 0.4) is 0 Å². The zero-order valence-electron chi connectivity index (χ0n) is 13.5. The van der Waals surface area contributed by atoms with Crippen LogP contribution < -0.4 is 5.32 Å². The molecule has 122 valence electrons. The van der Waals surface area contributed by atoms with Gasteiger partial charge in [-0.15, -0.1) is 0 Å². The molecule has 1 saturated heterocycles. The molecule has 23 heavy (non-hydrogen) atoms. The monoisotopic (exact) mass is 312 g/mol. The highest BCUT2D eigenvalue weighted by molar-refractivity contribution is 5.83. The van der Waals surface area contributed by atoms with Crippen molar-refractivity contribution in [3.8, 4) is 0 Å². The van der Waals surface area contributed by atoms with E-state index < -0.39 is 0 Å². The van der Waals surface area contributed by atoms with Crippen LogP contribution in [0.25, 0.3) is 0 Å². The van der Waals surface area contributed by atoms with Gasteiger partial charge in [0.15, 0.2) is 0 Å². The van der Waals surface area contributed by atoms with Crippen LogP contribution in [0.4, 0.5) is 0 Å². The number of piperidine rings is 1. The molecule has 2 fully saturated rings. The first-order valence-electron chi connectivity index (χ1n) is 8.86. The van der Waals surface area contributed by atoms with Crippen molar-refractivity contribution >= 4 is 11.8 Å². The molecule has 0 aromatic heterocycles. The Labute approximate surface area is 137 Å². The van der Waals surface area contributed by atoms with Crippen molar-refractivity contribution in [1.82, 2.24) is 10.2 Å². The summed E-state index contributed by atoms with van der Waals surface area (Å²) >= 11 is 0. The van der Waals surface area contributed by atoms with Crippen molar-refractivity contribution in [2.24, 2.45) is 11.8 Å². The molecule has 1 saturated carbocycles. The highest BCUT2D eigenvalue weighted by atomic mass is 16.2. The number of carbonyl (C=O) groups excluding carboxylic acids is 2. The summed E-state index contributed by atoms with van der Waals surface area (Å²) in [5.41, 5.74) is 2.78. The van der Waals surface area contributed by atoms with Crippen LogP contribution in [-0.2, 0) is 16.0 Å². The van der Waals surface area contributed by atoms with Gasteiger partial charge in [-0.1, -0.05) is 24.3 Å². The van der Waals surface area contributed by atoms with Gasteiger partial charge in [-0.2, -0.15) is 0 Å². The number of hydrogen-bond acceptors (Lipinski definition) is 2. The SMILES string of the molecule is O=C(NC[C@@H]1Cc2ccccc21)[C@H]1CCCN(C(=O)C2CC2)C1. The summed E-state index contributed by atoms with van der Waals surface area (Å²) in [5.74, 6) is 1.09. The molecule has 4 rings (SSSR count). The fraction of sp³-hybridized carbons (Fsp3) is 0.579. The number of amides is 2. The molecular weight excluding hydrogens is 288 g/mol. The number of fused-ring (bicyclic) bond motifs is 1. The van der Waals surface area contributed by atoms with E-state index in [1.165, 1.54) is 11.1 Å². The van der Waals surface area contributed by atoms with E-state index in [-0.39, 0.29) is 23.7 Å². The molecule has 4 heteroatoms. The van der Waals surface area contributed by atoms with Gasteiger partial charge in [-0.05, 0) is 43.2 Å². The minimum atomic E-state index is -0.0261. The summed E-state index contributed by atoms with van der Waals surface area (Å²) in [4.78, 5) is 26.6. The average Bonchev–Trinajstić information content (AvgIpc) is 3.40. The average molecular weight is 312 g/mol. The van der Waals surface area contributed by atoms with Gasteiger partial charge in [0.05, 0.1) is 5.92 Å². The second-order valence-corrected chi connectivity index (χ2v) is 7.24. The van der Waals surface area contributed by atoms with Crippen LogP contribution in [-0.4, -0.2) is 36.3 Å². The maximum atomic E-state index is 12.5. The Kier molecular flexibility index (Phi) is 3.83. The quantitative estimate of drug-likeness (QED) is 0.925. The first kappa shape index (κ1) is 14.7. The number of rotatable bonds is 4. The molecule has 1 aliphatic heterocycles. The van der Waals surface area contributed by atoms with E-state index >= 15 is 0 Å². The van der Waals surface area contributed by atoms with Crippen LogP contribution >= 0.6 is 0 Å². The van der Waals surface area contributed by atoms with Crippen LogP contribution in [0.5, 0.6) is 0 Å². The molecule has 0 bridgehead atoms. The van der Waals surface area contributed by atoms with Crippen molar-refractivity contribution < 1.29 is 9.59 Å². The van der Waals surface area contributed by atoms with E-state index in [1.807, 2.05) is 4.90 Å². The normalized spacial score (nSPS) is 26.2. The predicted molar refractivity (Wildman–Crippen MR) is 87.9 cm³/mol. The summed E-state index contributed by atoms with van der Waals surface area (Å²) in [6.45, 7) is 2.17. The van der Waals surface area contributed by atoms with Crippen molar-refractivity contribution in [1.29, 1.82) is 0 Å². The zero-order valence-corrected chi connectivity index (χ0v) is 13.5. The summed E-state index contributed by atoms with van der Waals surface area (Å²) in [5, 5.41) is 3.12. The molecule has 1 heterocycles. The fourth-order valence-corrected chi connectivity index (χ4v) is 3.89. The standard InChI is InChI=1S/C19H24N2O2/c22-18(20-11-16-10-14-4-1-2-6-17(14)16)15-5-3-9-21(12-15)19(23)13-7-8-13/h1-2,4,6,13,15-16H,3,5,7-12H2,(H,20,22)/t15-,16-/m0/s1. The third-order valence-electron chi connectivity index (χ3n) is 5.51. The Bertz CT molecular complexity index is 624. The third-order valence-corrected chi connectivity index (χ3v) is 5.51. The fourth-order valence-electron chi connectivity index (χ4n) is 3.89. The molecule has 0 spiro atoms. The summed E-state index contributed by atoms with van der Waals surface area (Å²) in [7, 11) is 0. The summed E-state index contributed by atoms with van der Waals surface area (Å²) < 4.78 is 0. The molecule has 0 unspecified atom stereocenters. The second kappa shape index (κ2) is 5.99. The third kappa shape index (κ3) is 2.99. The number of benzene rings is 1. The van der Waals surface area contributed by atoms with Gasteiger partial charge in [-0.3, -0.25) is 9.59 Å². The zero-order chi connectivity index (χ0) is 15.8. The largest absolute Gasteiger partial charge is 0.355 e. The lowest BCUT2D eigenvalue weighted by molar-refractivity contribution is -0.136. The second-order valence-electron chi connectivity index (χ2n) is 7.24. The van der Waals surface area contributed by atoms with E-state index in [9.17, 15) is 9.59 Å². The topological polar surface area (TPSA) is 49.4 Å². The molecule has 2 aliphatic carbocycles. The van der Waals surface area contributed by atoms with Gasteiger partial charge >= 0.3 is 0 Å². The van der Waals surface area contributed by atoms with Crippen LogP contribution in [0.1, 0.15) is 42.7 Å². The van der Waals surface area contributed by atoms with E-state index in [0.29, 0.717) is 12.5 Å². The number of likely N-dealkylation sites (tertiary alicyclic amines) is 1. The van der Waals surface area contributed by atoms with Gasteiger partial charge in [0.2, 0.25) is 11.8 Å². The highest BCUT2D eigenvalue weighted by Crippen LogP contribution is 2.34. The van der Waals surface area contributed by atoms with Crippen LogP contribution in [0.15, 0.2) is 24.3 Å². The number of carbonyl (C=O) groups is 2. The Morgan fingerprint density at radius 2 is 1.96 bits per heavy atom. The van der Waals surface area contributed by atoms with E-state index in [2.05, 4.69) is 29.6 Å². The first-order chi connectivity index (χ1) is 11.2. The number of hydrogen-bond donors (Lipinski definition) is 1. The molecule has 1 aromatic rings. The van der Waals surface area contributed by atoms with Crippen molar-refractivity contribution in [3.05, 3.63) is 35.4 Å². The van der Waals surface area contributed by atoms with Gasteiger partial charge < -0.3 is 10.2 Å². The lowest BCUT2D eigenvalue weighted by Crippen LogP contribution is -2.46. The molecule has 4 nitrogen and oxygen atoms in total. The lowest BCUT2D eigenvalue weighted by Gasteiger charge is -2.34. The Hall–Kier alpha value is -1.84. The van der Waals surface area contributed by atoms with E-state index in [1.54, 1.807) is 0 Å². The van der Waals surface area contributed by atoms with Crippen molar-refractivity contribution in [2.75, 3.05) is 19.6 Å². The van der Waals surface area contributed by atoms with Crippen molar-refractivity contribution in [3.63, 3.8) is 0 Å². The Balaban J connectivity index is 1.28. The number of nitrogens with zero attached hydrogens (tertiary/aromatic N) is 1. The maximum absolute atomic E-state index is 12.5. The van der Waals surface area contributed by atoms with Gasteiger partial charge in [0.1, 0.15) is 0 Å². The van der Waals surface area contributed by atoms with Crippen LogP contribution in [0, 0.1) is 11.8 Å². The minimum Gasteiger partial charge on any atom is -0.355 e. The molecule has 1 N–H and O–H groups in total.